The van der Waals surface area contributed by atoms with E-state index in [-0.39, 0.29) is 0 Å². The average Bonchev–Trinajstić information content (AvgIpc) is 2.71. The summed E-state index contributed by atoms with van der Waals surface area (Å²) in [6.45, 7) is 1.98. The Morgan fingerprint density at radius 1 is 1.12 bits per heavy atom. The molecule has 0 unspecified atom stereocenters. The molecule has 0 amide bonds. The van der Waals surface area contributed by atoms with Crippen LogP contribution in [0, 0.1) is 6.92 Å². The Bertz CT molecular complexity index is 688. The third-order valence-corrected chi connectivity index (χ3v) is 3.01. The molecule has 3 nitrogen and oxygen atoms in total. The molecule has 3 rings (SSSR count). The third kappa shape index (κ3) is 1.68. The van der Waals surface area contributed by atoms with Gasteiger partial charge in [-0.15, -0.1) is 0 Å². The summed E-state index contributed by atoms with van der Waals surface area (Å²) in [5.41, 5.74) is 3.64. The highest BCUT2D eigenvalue weighted by atomic mass is 35.5. The second-order valence-corrected chi connectivity index (χ2v) is 4.28. The third-order valence-electron chi connectivity index (χ3n) is 2.68. The monoisotopic (exact) mass is 243 g/mol. The van der Waals surface area contributed by atoms with Crippen LogP contribution in [0.5, 0.6) is 0 Å². The number of aromatic nitrogens is 3. The van der Waals surface area contributed by atoms with E-state index in [9.17, 15) is 0 Å². The maximum absolute atomic E-state index is 6.16. The minimum atomic E-state index is 0.706. The normalized spacial score (nSPS) is 10.9. The minimum absolute atomic E-state index is 0.706. The first-order valence-electron chi connectivity index (χ1n) is 5.32. The Balaban J connectivity index is 2.24. The molecule has 0 radical (unpaired) electrons. The van der Waals surface area contributed by atoms with Gasteiger partial charge in [0.25, 0.3) is 0 Å². The van der Waals surface area contributed by atoms with Crippen molar-refractivity contribution in [1.29, 1.82) is 0 Å². The van der Waals surface area contributed by atoms with Crippen LogP contribution in [0.3, 0.4) is 0 Å². The number of imidazole rings is 1. The fourth-order valence-electron chi connectivity index (χ4n) is 1.80. The van der Waals surface area contributed by atoms with Crippen LogP contribution in [0.25, 0.3) is 16.9 Å². The first kappa shape index (κ1) is 10.3. The molecule has 17 heavy (non-hydrogen) atoms. The molecule has 0 spiro atoms. The molecular formula is C13H10ClN3. The Kier molecular flexibility index (Phi) is 2.34. The van der Waals surface area contributed by atoms with Gasteiger partial charge in [-0.1, -0.05) is 29.8 Å². The zero-order valence-corrected chi connectivity index (χ0v) is 10.0. The van der Waals surface area contributed by atoms with E-state index in [1.165, 1.54) is 0 Å². The summed E-state index contributed by atoms with van der Waals surface area (Å²) in [7, 11) is 0. The highest BCUT2D eigenvalue weighted by Crippen LogP contribution is 2.25. The van der Waals surface area contributed by atoms with Crippen LogP contribution in [0.15, 0.2) is 42.6 Å². The van der Waals surface area contributed by atoms with Gasteiger partial charge in [-0.25, -0.2) is 9.50 Å². The lowest BCUT2D eigenvalue weighted by atomic mass is 10.1. The SMILES string of the molecule is Cc1cnc2ccc(-c3ccccc3Cl)nn12. The van der Waals surface area contributed by atoms with E-state index in [1.54, 1.807) is 6.20 Å². The van der Waals surface area contributed by atoms with Crippen molar-refractivity contribution in [2.45, 2.75) is 6.92 Å². The van der Waals surface area contributed by atoms with E-state index >= 15 is 0 Å². The smallest absolute Gasteiger partial charge is 0.153 e. The first-order chi connectivity index (χ1) is 8.25. The van der Waals surface area contributed by atoms with Crippen LogP contribution in [-0.4, -0.2) is 14.6 Å². The van der Waals surface area contributed by atoms with E-state index in [0.717, 1.165) is 22.6 Å². The van der Waals surface area contributed by atoms with Crippen molar-refractivity contribution in [3.05, 3.63) is 53.3 Å². The lowest BCUT2D eigenvalue weighted by Gasteiger charge is -2.04. The molecule has 0 atom stereocenters. The second kappa shape index (κ2) is 3.86. The zero-order chi connectivity index (χ0) is 11.8. The van der Waals surface area contributed by atoms with Gasteiger partial charge in [0.1, 0.15) is 0 Å². The molecule has 3 aromatic rings. The Morgan fingerprint density at radius 3 is 2.76 bits per heavy atom. The Hall–Kier alpha value is -1.87. The first-order valence-corrected chi connectivity index (χ1v) is 5.70. The molecule has 0 aliphatic rings. The Morgan fingerprint density at radius 2 is 1.94 bits per heavy atom. The highest BCUT2D eigenvalue weighted by molar-refractivity contribution is 6.33. The number of fused-ring (bicyclic) bond motifs is 1. The van der Waals surface area contributed by atoms with Gasteiger partial charge in [0.2, 0.25) is 0 Å². The molecule has 4 heteroatoms. The number of hydrogen-bond donors (Lipinski definition) is 0. The number of halogens is 1. The minimum Gasteiger partial charge on any atom is -0.235 e. The van der Waals surface area contributed by atoms with Crippen LogP contribution in [-0.2, 0) is 0 Å². The fraction of sp³-hybridized carbons (Fsp3) is 0.0769. The van der Waals surface area contributed by atoms with Gasteiger partial charge in [-0.2, -0.15) is 5.10 Å². The molecule has 0 saturated carbocycles. The van der Waals surface area contributed by atoms with Crippen molar-refractivity contribution in [1.82, 2.24) is 14.6 Å². The van der Waals surface area contributed by atoms with Crippen molar-refractivity contribution in [3.63, 3.8) is 0 Å². The van der Waals surface area contributed by atoms with Gasteiger partial charge < -0.3 is 0 Å². The zero-order valence-electron chi connectivity index (χ0n) is 9.26. The van der Waals surface area contributed by atoms with Crippen molar-refractivity contribution in [3.8, 4) is 11.3 Å². The highest BCUT2D eigenvalue weighted by Gasteiger charge is 2.06. The van der Waals surface area contributed by atoms with Crippen LogP contribution in [0.2, 0.25) is 5.02 Å². The molecule has 0 aliphatic carbocycles. The second-order valence-electron chi connectivity index (χ2n) is 3.87. The molecular weight excluding hydrogens is 234 g/mol. The summed E-state index contributed by atoms with van der Waals surface area (Å²) in [6.07, 6.45) is 1.80. The summed E-state index contributed by atoms with van der Waals surface area (Å²) in [6, 6.07) is 11.6. The van der Waals surface area contributed by atoms with Crippen molar-refractivity contribution in [2.75, 3.05) is 0 Å². The van der Waals surface area contributed by atoms with Crippen LogP contribution < -0.4 is 0 Å². The van der Waals surface area contributed by atoms with E-state index in [4.69, 9.17) is 11.6 Å². The number of hydrogen-bond acceptors (Lipinski definition) is 2. The van der Waals surface area contributed by atoms with Gasteiger partial charge in [0.05, 0.1) is 22.6 Å². The maximum atomic E-state index is 6.16. The quantitative estimate of drug-likeness (QED) is 0.656. The molecule has 1 aromatic carbocycles. The number of rotatable bonds is 1. The molecule has 0 N–H and O–H groups in total. The molecule has 0 saturated heterocycles. The van der Waals surface area contributed by atoms with E-state index < -0.39 is 0 Å². The van der Waals surface area contributed by atoms with Crippen LogP contribution in [0.1, 0.15) is 5.69 Å². The topological polar surface area (TPSA) is 30.2 Å². The van der Waals surface area contributed by atoms with Crippen LogP contribution in [0.4, 0.5) is 0 Å². The fourth-order valence-corrected chi connectivity index (χ4v) is 2.03. The molecule has 0 bridgehead atoms. The molecule has 84 valence electrons. The van der Waals surface area contributed by atoms with Gasteiger partial charge in [0, 0.05) is 5.56 Å². The molecule has 0 aliphatic heterocycles. The largest absolute Gasteiger partial charge is 0.235 e. The Labute approximate surface area is 104 Å². The van der Waals surface area contributed by atoms with E-state index in [0.29, 0.717) is 5.02 Å². The van der Waals surface area contributed by atoms with E-state index in [2.05, 4.69) is 10.1 Å². The lowest BCUT2D eigenvalue weighted by molar-refractivity contribution is 0.905. The standard InChI is InChI=1S/C13H10ClN3/c1-9-8-15-13-7-6-12(16-17(9)13)10-4-2-3-5-11(10)14/h2-8H,1H3. The van der Waals surface area contributed by atoms with Gasteiger partial charge >= 0.3 is 0 Å². The predicted octanol–water partition coefficient (Wildman–Crippen LogP) is 3.36. The maximum Gasteiger partial charge on any atom is 0.153 e. The van der Waals surface area contributed by atoms with Gasteiger partial charge in [-0.3, -0.25) is 0 Å². The van der Waals surface area contributed by atoms with Crippen molar-refractivity contribution >= 4 is 17.2 Å². The van der Waals surface area contributed by atoms with E-state index in [1.807, 2.05) is 47.8 Å². The molecule has 2 aromatic heterocycles. The van der Waals surface area contributed by atoms with Gasteiger partial charge in [0.15, 0.2) is 5.65 Å². The summed E-state index contributed by atoms with van der Waals surface area (Å²) in [5.74, 6) is 0. The van der Waals surface area contributed by atoms with Crippen molar-refractivity contribution < 1.29 is 0 Å². The lowest BCUT2D eigenvalue weighted by Crippen LogP contribution is -1.96. The number of benzene rings is 1. The predicted molar refractivity (Wildman–Crippen MR) is 68.2 cm³/mol. The molecule has 2 heterocycles. The summed E-state index contributed by atoms with van der Waals surface area (Å²) >= 11 is 6.16. The van der Waals surface area contributed by atoms with Crippen molar-refractivity contribution in [2.24, 2.45) is 0 Å². The van der Waals surface area contributed by atoms with Crippen LogP contribution >= 0.6 is 11.6 Å². The number of aryl methyl sites for hydroxylation is 1. The average molecular weight is 244 g/mol. The number of nitrogens with zero attached hydrogens (tertiary/aromatic N) is 3. The molecule has 0 fully saturated rings. The summed E-state index contributed by atoms with van der Waals surface area (Å²) in [4.78, 5) is 4.24. The van der Waals surface area contributed by atoms with Gasteiger partial charge in [-0.05, 0) is 25.1 Å². The summed E-state index contributed by atoms with van der Waals surface area (Å²) < 4.78 is 1.82. The summed E-state index contributed by atoms with van der Waals surface area (Å²) in [5, 5.41) is 5.24.